The Hall–Kier alpha value is -1.48. The summed E-state index contributed by atoms with van der Waals surface area (Å²) in [7, 11) is 0. The molecule has 3 nitrogen and oxygen atoms in total. The molecular formula is C10H10N2O. The quantitative estimate of drug-likeness (QED) is 0.648. The molecule has 2 aromatic rings. The van der Waals surface area contributed by atoms with E-state index in [1.807, 2.05) is 12.3 Å². The number of aromatic nitrogens is 2. The van der Waals surface area contributed by atoms with Crippen molar-refractivity contribution in [3.63, 3.8) is 0 Å². The Labute approximate surface area is 76.0 Å². The lowest BCUT2D eigenvalue weighted by atomic mass is 10.3. The molecule has 0 aliphatic carbocycles. The van der Waals surface area contributed by atoms with E-state index in [-0.39, 0.29) is 0 Å². The Bertz CT molecular complexity index is 387. The second kappa shape index (κ2) is 2.50. The average molecular weight is 174 g/mol. The van der Waals surface area contributed by atoms with Crippen molar-refractivity contribution in [3.8, 4) is 5.69 Å². The van der Waals surface area contributed by atoms with Crippen LogP contribution in [-0.4, -0.2) is 9.55 Å². The van der Waals surface area contributed by atoms with Gasteiger partial charge in [-0.2, -0.15) is 0 Å². The molecule has 3 heteroatoms. The zero-order chi connectivity index (χ0) is 8.67. The molecule has 0 saturated carbocycles. The van der Waals surface area contributed by atoms with Gasteiger partial charge >= 0.3 is 0 Å². The fourth-order valence-corrected chi connectivity index (χ4v) is 1.76. The molecule has 0 saturated heterocycles. The van der Waals surface area contributed by atoms with Gasteiger partial charge in [-0.1, -0.05) is 0 Å². The maximum Gasteiger partial charge on any atom is 0.0892 e. The highest BCUT2D eigenvalue weighted by Gasteiger charge is 2.13. The molecule has 0 unspecified atom stereocenters. The number of aromatic amines is 1. The zero-order valence-corrected chi connectivity index (χ0v) is 7.16. The predicted molar refractivity (Wildman–Crippen MR) is 48.6 cm³/mol. The average Bonchev–Trinajstić information content (AvgIpc) is 2.72. The zero-order valence-electron chi connectivity index (χ0n) is 7.16. The molecule has 0 aromatic carbocycles. The molecule has 0 atom stereocenters. The van der Waals surface area contributed by atoms with Crippen LogP contribution in [0.4, 0.5) is 0 Å². The number of fused-ring (bicyclic) bond motifs is 3. The van der Waals surface area contributed by atoms with E-state index in [2.05, 4.69) is 27.9 Å². The van der Waals surface area contributed by atoms with Crippen LogP contribution in [0.2, 0.25) is 0 Å². The molecule has 3 rings (SSSR count). The van der Waals surface area contributed by atoms with Crippen LogP contribution in [0.3, 0.4) is 0 Å². The van der Waals surface area contributed by atoms with Crippen LogP contribution in [0.1, 0.15) is 11.4 Å². The van der Waals surface area contributed by atoms with E-state index >= 15 is 0 Å². The van der Waals surface area contributed by atoms with Crippen LogP contribution in [0.5, 0.6) is 0 Å². The summed E-state index contributed by atoms with van der Waals surface area (Å²) in [6.45, 7) is 1.36. The summed E-state index contributed by atoms with van der Waals surface area (Å²) in [5.74, 6) is 0. The second-order valence-electron chi connectivity index (χ2n) is 3.20. The van der Waals surface area contributed by atoms with Crippen LogP contribution in [0.15, 0.2) is 30.6 Å². The van der Waals surface area contributed by atoms with Crippen LogP contribution in [0.25, 0.3) is 5.69 Å². The number of rotatable bonds is 0. The van der Waals surface area contributed by atoms with Gasteiger partial charge in [0.15, 0.2) is 0 Å². The van der Waals surface area contributed by atoms with Gasteiger partial charge in [-0.05, 0) is 18.2 Å². The van der Waals surface area contributed by atoms with Crippen LogP contribution in [0, 0.1) is 0 Å². The lowest BCUT2D eigenvalue weighted by Crippen LogP contribution is -1.95. The third-order valence-electron chi connectivity index (χ3n) is 2.40. The Balaban J connectivity index is 2.27. The van der Waals surface area contributed by atoms with Crippen molar-refractivity contribution in [2.45, 2.75) is 13.2 Å². The standard InChI is InChI=1S/C10H10N2O/c1-2-8-6-13-7-9-10(3-4-11-9)12(8)5-1/h1-5,11H,6-7H2. The van der Waals surface area contributed by atoms with Gasteiger partial charge in [0, 0.05) is 18.1 Å². The Morgan fingerprint density at radius 2 is 2.31 bits per heavy atom. The van der Waals surface area contributed by atoms with E-state index in [0.29, 0.717) is 13.2 Å². The van der Waals surface area contributed by atoms with Crippen LogP contribution in [-0.2, 0) is 18.0 Å². The summed E-state index contributed by atoms with van der Waals surface area (Å²) < 4.78 is 7.68. The minimum absolute atomic E-state index is 0.671. The summed E-state index contributed by atoms with van der Waals surface area (Å²) in [6, 6.07) is 6.20. The van der Waals surface area contributed by atoms with Crippen molar-refractivity contribution < 1.29 is 4.74 Å². The summed E-state index contributed by atoms with van der Waals surface area (Å²) in [5, 5.41) is 0. The molecule has 66 valence electrons. The van der Waals surface area contributed by atoms with Crippen LogP contribution < -0.4 is 0 Å². The summed E-state index contributed by atoms with van der Waals surface area (Å²) in [5.41, 5.74) is 3.56. The minimum Gasteiger partial charge on any atom is -0.369 e. The summed E-state index contributed by atoms with van der Waals surface area (Å²) in [4.78, 5) is 3.18. The van der Waals surface area contributed by atoms with Crippen molar-refractivity contribution in [3.05, 3.63) is 42.0 Å². The first kappa shape index (κ1) is 6.97. The smallest absolute Gasteiger partial charge is 0.0892 e. The molecule has 0 spiro atoms. The van der Waals surface area contributed by atoms with Crippen LogP contribution >= 0.6 is 0 Å². The monoisotopic (exact) mass is 174 g/mol. The van der Waals surface area contributed by atoms with Gasteiger partial charge in [-0.25, -0.2) is 0 Å². The maximum atomic E-state index is 5.51. The van der Waals surface area contributed by atoms with E-state index < -0.39 is 0 Å². The maximum absolute atomic E-state index is 5.51. The molecule has 0 amide bonds. The van der Waals surface area contributed by atoms with Gasteiger partial charge in [0.1, 0.15) is 0 Å². The topological polar surface area (TPSA) is 29.9 Å². The first-order valence-electron chi connectivity index (χ1n) is 4.36. The lowest BCUT2D eigenvalue weighted by molar-refractivity contribution is 0.106. The largest absolute Gasteiger partial charge is 0.369 e. The van der Waals surface area contributed by atoms with E-state index in [4.69, 9.17) is 4.74 Å². The highest BCUT2D eigenvalue weighted by Crippen LogP contribution is 2.21. The fraction of sp³-hybridized carbons (Fsp3) is 0.200. The molecule has 1 N–H and O–H groups in total. The molecule has 0 bridgehead atoms. The van der Waals surface area contributed by atoms with Crippen molar-refractivity contribution in [2.24, 2.45) is 0 Å². The molecule has 0 fully saturated rings. The minimum atomic E-state index is 0.671. The van der Waals surface area contributed by atoms with E-state index in [1.165, 1.54) is 11.4 Å². The highest BCUT2D eigenvalue weighted by atomic mass is 16.5. The lowest BCUT2D eigenvalue weighted by Gasteiger charge is -2.02. The number of nitrogens with zero attached hydrogens (tertiary/aromatic N) is 1. The fourth-order valence-electron chi connectivity index (χ4n) is 1.76. The summed E-state index contributed by atoms with van der Waals surface area (Å²) in [6.07, 6.45) is 4.01. The van der Waals surface area contributed by atoms with Gasteiger partial charge in [-0.15, -0.1) is 0 Å². The third-order valence-corrected chi connectivity index (χ3v) is 2.40. The molecule has 2 aromatic heterocycles. The van der Waals surface area contributed by atoms with Crippen molar-refractivity contribution in [1.82, 2.24) is 9.55 Å². The molecule has 1 aliphatic rings. The predicted octanol–water partition coefficient (Wildman–Crippen LogP) is 1.84. The van der Waals surface area contributed by atoms with Gasteiger partial charge in [0.2, 0.25) is 0 Å². The van der Waals surface area contributed by atoms with Gasteiger partial charge in [-0.3, -0.25) is 0 Å². The van der Waals surface area contributed by atoms with Crippen molar-refractivity contribution in [1.29, 1.82) is 0 Å². The highest BCUT2D eigenvalue weighted by molar-refractivity contribution is 5.40. The molecule has 0 radical (unpaired) electrons. The first-order chi connectivity index (χ1) is 6.45. The normalized spacial score (nSPS) is 14.8. The van der Waals surface area contributed by atoms with Gasteiger partial charge in [0.25, 0.3) is 0 Å². The SMILES string of the molecule is c1cc2n(c1)-c1cc[nH]c1COC2. The number of hydrogen-bond donors (Lipinski definition) is 1. The number of hydrogen-bond acceptors (Lipinski definition) is 1. The van der Waals surface area contributed by atoms with Gasteiger partial charge < -0.3 is 14.3 Å². The second-order valence-corrected chi connectivity index (χ2v) is 3.20. The molecule has 13 heavy (non-hydrogen) atoms. The Kier molecular flexibility index (Phi) is 1.34. The Morgan fingerprint density at radius 3 is 3.31 bits per heavy atom. The van der Waals surface area contributed by atoms with E-state index in [0.717, 1.165) is 5.69 Å². The van der Waals surface area contributed by atoms with Crippen molar-refractivity contribution in [2.75, 3.05) is 0 Å². The summed E-state index contributed by atoms with van der Waals surface area (Å²) >= 11 is 0. The Morgan fingerprint density at radius 1 is 1.31 bits per heavy atom. The molecule has 3 heterocycles. The molecule has 1 aliphatic heterocycles. The first-order valence-corrected chi connectivity index (χ1v) is 4.36. The van der Waals surface area contributed by atoms with Gasteiger partial charge in [0.05, 0.1) is 24.6 Å². The van der Waals surface area contributed by atoms with E-state index in [1.54, 1.807) is 0 Å². The van der Waals surface area contributed by atoms with Crippen molar-refractivity contribution >= 4 is 0 Å². The third kappa shape index (κ3) is 0.939. The van der Waals surface area contributed by atoms with E-state index in [9.17, 15) is 0 Å². The number of ether oxygens (including phenoxy) is 1. The molecular weight excluding hydrogens is 164 g/mol. The number of H-pyrrole nitrogens is 1. The number of nitrogens with one attached hydrogen (secondary N) is 1.